The monoisotopic (exact) mass is 250 g/mol. The van der Waals surface area contributed by atoms with Gasteiger partial charge in [-0.15, -0.1) is 0 Å². The molecular formula is C13H12F2N2O. The van der Waals surface area contributed by atoms with Crippen LogP contribution in [-0.2, 0) is 0 Å². The molecular weight excluding hydrogens is 238 g/mol. The second-order valence-electron chi connectivity index (χ2n) is 4.35. The summed E-state index contributed by atoms with van der Waals surface area (Å²) in [6.07, 6.45) is 0.0938. The normalized spacial score (nSPS) is 18.1. The average molecular weight is 250 g/mol. The lowest BCUT2D eigenvalue weighted by Gasteiger charge is -2.28. The van der Waals surface area contributed by atoms with E-state index in [-0.39, 0.29) is 24.0 Å². The van der Waals surface area contributed by atoms with Gasteiger partial charge in [-0.2, -0.15) is 5.26 Å². The minimum absolute atomic E-state index is 0.0469. The predicted octanol–water partition coefficient (Wildman–Crippen LogP) is 1.97. The SMILES string of the molecule is N#Cc1ccc(C(=O)C2(F)CCNCC2)c(F)c1. The minimum atomic E-state index is -2.00. The number of benzene rings is 1. The van der Waals surface area contributed by atoms with Crippen molar-refractivity contribution in [2.45, 2.75) is 18.5 Å². The predicted molar refractivity (Wildman–Crippen MR) is 61.4 cm³/mol. The van der Waals surface area contributed by atoms with Crippen LogP contribution in [0.2, 0.25) is 0 Å². The van der Waals surface area contributed by atoms with E-state index in [4.69, 9.17) is 5.26 Å². The fourth-order valence-corrected chi connectivity index (χ4v) is 2.06. The molecule has 2 rings (SSSR count). The molecule has 1 N–H and O–H groups in total. The number of Topliss-reactive ketones (excluding diaryl/α,β-unsaturated/α-hetero) is 1. The molecule has 0 atom stereocenters. The zero-order chi connectivity index (χ0) is 13.2. The first-order chi connectivity index (χ1) is 8.57. The van der Waals surface area contributed by atoms with Crippen LogP contribution in [0, 0.1) is 17.1 Å². The third kappa shape index (κ3) is 2.24. The van der Waals surface area contributed by atoms with Gasteiger partial charge in [0.15, 0.2) is 5.67 Å². The van der Waals surface area contributed by atoms with Gasteiger partial charge in [-0.05, 0) is 31.3 Å². The molecule has 1 aliphatic heterocycles. The smallest absolute Gasteiger partial charge is 0.203 e. The lowest BCUT2D eigenvalue weighted by Crippen LogP contribution is -2.44. The quantitative estimate of drug-likeness (QED) is 0.816. The van der Waals surface area contributed by atoms with Crippen molar-refractivity contribution in [1.29, 1.82) is 5.26 Å². The van der Waals surface area contributed by atoms with E-state index in [1.54, 1.807) is 6.07 Å². The van der Waals surface area contributed by atoms with Crippen LogP contribution < -0.4 is 5.32 Å². The Balaban J connectivity index is 2.31. The van der Waals surface area contributed by atoms with Crippen LogP contribution in [0.1, 0.15) is 28.8 Å². The van der Waals surface area contributed by atoms with Crippen molar-refractivity contribution in [3.63, 3.8) is 0 Å². The molecule has 0 amide bonds. The maximum Gasteiger partial charge on any atom is 0.203 e. The van der Waals surface area contributed by atoms with Crippen molar-refractivity contribution in [2.75, 3.05) is 13.1 Å². The maximum atomic E-state index is 14.4. The van der Waals surface area contributed by atoms with E-state index in [1.165, 1.54) is 12.1 Å². The average Bonchev–Trinajstić information content (AvgIpc) is 2.38. The largest absolute Gasteiger partial charge is 0.316 e. The summed E-state index contributed by atoms with van der Waals surface area (Å²) in [6, 6.07) is 5.22. The Labute approximate surface area is 103 Å². The molecule has 0 radical (unpaired) electrons. The van der Waals surface area contributed by atoms with Crippen LogP contribution in [0.4, 0.5) is 8.78 Å². The number of halogens is 2. The van der Waals surface area contributed by atoms with E-state index in [0.29, 0.717) is 13.1 Å². The highest BCUT2D eigenvalue weighted by molar-refractivity contribution is 6.02. The van der Waals surface area contributed by atoms with Gasteiger partial charge < -0.3 is 5.32 Å². The highest BCUT2D eigenvalue weighted by atomic mass is 19.1. The van der Waals surface area contributed by atoms with Gasteiger partial charge in [-0.25, -0.2) is 8.78 Å². The molecule has 0 aromatic heterocycles. The van der Waals surface area contributed by atoms with E-state index in [0.717, 1.165) is 6.07 Å². The van der Waals surface area contributed by atoms with E-state index in [2.05, 4.69) is 5.32 Å². The molecule has 1 aliphatic rings. The van der Waals surface area contributed by atoms with Gasteiger partial charge in [0.25, 0.3) is 0 Å². The molecule has 0 bridgehead atoms. The molecule has 94 valence electrons. The Bertz CT molecular complexity index is 516. The number of hydrogen-bond donors (Lipinski definition) is 1. The fourth-order valence-electron chi connectivity index (χ4n) is 2.06. The summed E-state index contributed by atoms with van der Waals surface area (Å²) in [5.41, 5.74) is -2.17. The highest BCUT2D eigenvalue weighted by Crippen LogP contribution is 2.29. The van der Waals surface area contributed by atoms with Gasteiger partial charge in [0.2, 0.25) is 5.78 Å². The molecule has 3 nitrogen and oxygen atoms in total. The first-order valence-electron chi connectivity index (χ1n) is 5.71. The molecule has 0 aliphatic carbocycles. The summed E-state index contributed by atoms with van der Waals surface area (Å²) in [7, 11) is 0. The molecule has 1 saturated heterocycles. The second kappa shape index (κ2) is 4.83. The molecule has 0 saturated carbocycles. The van der Waals surface area contributed by atoms with E-state index >= 15 is 0 Å². The number of piperidine rings is 1. The number of carbonyl (C=O) groups is 1. The first kappa shape index (κ1) is 12.7. The van der Waals surface area contributed by atoms with Crippen LogP contribution in [-0.4, -0.2) is 24.5 Å². The Kier molecular flexibility index (Phi) is 3.39. The maximum absolute atomic E-state index is 14.4. The summed E-state index contributed by atoms with van der Waals surface area (Å²) in [5.74, 6) is -1.67. The van der Waals surface area contributed by atoms with Crippen molar-refractivity contribution < 1.29 is 13.6 Å². The topological polar surface area (TPSA) is 52.9 Å². The number of rotatable bonds is 2. The molecule has 18 heavy (non-hydrogen) atoms. The molecule has 0 unspecified atom stereocenters. The molecule has 5 heteroatoms. The lowest BCUT2D eigenvalue weighted by molar-refractivity contribution is 0.0587. The number of hydrogen-bond acceptors (Lipinski definition) is 3. The first-order valence-corrected chi connectivity index (χ1v) is 5.71. The Morgan fingerprint density at radius 2 is 2.06 bits per heavy atom. The Morgan fingerprint density at radius 1 is 1.39 bits per heavy atom. The van der Waals surface area contributed by atoms with Gasteiger partial charge in [0.1, 0.15) is 5.82 Å². The second-order valence-corrected chi connectivity index (χ2v) is 4.35. The van der Waals surface area contributed by atoms with Crippen LogP contribution in [0.5, 0.6) is 0 Å². The van der Waals surface area contributed by atoms with Crippen LogP contribution in [0.15, 0.2) is 18.2 Å². The van der Waals surface area contributed by atoms with Crippen molar-refractivity contribution in [3.05, 3.63) is 35.1 Å². The van der Waals surface area contributed by atoms with Gasteiger partial charge >= 0.3 is 0 Å². The van der Waals surface area contributed by atoms with Crippen LogP contribution in [0.3, 0.4) is 0 Å². The van der Waals surface area contributed by atoms with Gasteiger partial charge in [0, 0.05) is 12.8 Å². The van der Waals surface area contributed by atoms with Gasteiger partial charge in [-0.3, -0.25) is 4.79 Å². The van der Waals surface area contributed by atoms with Crippen molar-refractivity contribution >= 4 is 5.78 Å². The third-order valence-electron chi connectivity index (χ3n) is 3.15. The van der Waals surface area contributed by atoms with Crippen molar-refractivity contribution in [3.8, 4) is 6.07 Å². The van der Waals surface area contributed by atoms with E-state index in [9.17, 15) is 13.6 Å². The van der Waals surface area contributed by atoms with Crippen LogP contribution >= 0.6 is 0 Å². The molecule has 0 spiro atoms. The number of ketones is 1. The number of nitriles is 1. The third-order valence-corrected chi connectivity index (χ3v) is 3.15. The zero-order valence-electron chi connectivity index (χ0n) is 9.67. The zero-order valence-corrected chi connectivity index (χ0v) is 9.67. The van der Waals surface area contributed by atoms with E-state index < -0.39 is 17.3 Å². The molecule has 1 heterocycles. The van der Waals surface area contributed by atoms with Crippen molar-refractivity contribution in [1.82, 2.24) is 5.32 Å². The number of nitrogens with one attached hydrogen (secondary N) is 1. The number of carbonyl (C=O) groups excluding carboxylic acids is 1. The van der Waals surface area contributed by atoms with Crippen LogP contribution in [0.25, 0.3) is 0 Å². The minimum Gasteiger partial charge on any atom is -0.316 e. The Morgan fingerprint density at radius 3 is 2.61 bits per heavy atom. The van der Waals surface area contributed by atoms with E-state index in [1.807, 2.05) is 0 Å². The molecule has 1 fully saturated rings. The fraction of sp³-hybridized carbons (Fsp3) is 0.385. The summed E-state index contributed by atoms with van der Waals surface area (Å²) >= 11 is 0. The lowest BCUT2D eigenvalue weighted by atomic mass is 9.86. The molecule has 1 aromatic rings. The summed E-state index contributed by atoms with van der Waals surface area (Å²) in [4.78, 5) is 12.0. The summed E-state index contributed by atoms with van der Waals surface area (Å²) in [5, 5.41) is 11.6. The van der Waals surface area contributed by atoms with Gasteiger partial charge in [-0.1, -0.05) is 0 Å². The summed E-state index contributed by atoms with van der Waals surface area (Å²) in [6.45, 7) is 0.806. The Hall–Kier alpha value is -1.80. The summed E-state index contributed by atoms with van der Waals surface area (Å²) < 4.78 is 28.1. The standard InChI is InChI=1S/C13H12F2N2O/c14-11-7-9(8-16)1-2-10(11)12(18)13(15)3-5-17-6-4-13/h1-2,7,17H,3-6H2. The number of alkyl halides is 1. The number of nitrogens with zero attached hydrogens (tertiary/aromatic N) is 1. The highest BCUT2D eigenvalue weighted by Gasteiger charge is 2.41. The van der Waals surface area contributed by atoms with Crippen molar-refractivity contribution in [2.24, 2.45) is 0 Å². The van der Waals surface area contributed by atoms with Gasteiger partial charge in [0.05, 0.1) is 17.2 Å². The molecule has 1 aromatic carbocycles.